The molecule has 2 aromatic carbocycles. The zero-order chi connectivity index (χ0) is 23.4. The molecule has 2 heterocycles. The third kappa shape index (κ3) is 4.99. The topological polar surface area (TPSA) is 93.7 Å². The summed E-state index contributed by atoms with van der Waals surface area (Å²) >= 11 is 0. The molecule has 0 aromatic heterocycles. The van der Waals surface area contributed by atoms with Crippen LogP contribution in [0.1, 0.15) is 41.7 Å². The molecule has 0 unspecified atom stereocenters. The Morgan fingerprint density at radius 1 is 1.06 bits per heavy atom. The second-order valence-electron chi connectivity index (χ2n) is 8.90. The van der Waals surface area contributed by atoms with Gasteiger partial charge in [0.1, 0.15) is 11.7 Å². The Morgan fingerprint density at radius 2 is 1.73 bits per heavy atom. The minimum atomic E-state index is -0.389. The number of piperazine rings is 1. The van der Waals surface area contributed by atoms with Crippen LogP contribution in [0.3, 0.4) is 0 Å². The molecule has 0 aliphatic carbocycles. The van der Waals surface area contributed by atoms with E-state index in [4.69, 9.17) is 0 Å². The summed E-state index contributed by atoms with van der Waals surface area (Å²) < 4.78 is 0. The molecule has 0 spiro atoms. The number of rotatable bonds is 5. The third-order valence-corrected chi connectivity index (χ3v) is 6.75. The number of nitriles is 1. The average molecular weight is 448 g/mol. The van der Waals surface area contributed by atoms with Crippen LogP contribution in [0.25, 0.3) is 0 Å². The fourth-order valence-corrected chi connectivity index (χ4v) is 4.69. The zero-order valence-electron chi connectivity index (χ0n) is 18.9. The normalized spacial score (nSPS) is 18.5. The largest absolute Gasteiger partial charge is 0.366 e. The van der Waals surface area contributed by atoms with E-state index in [-0.39, 0.29) is 22.6 Å². The van der Waals surface area contributed by atoms with E-state index in [1.54, 1.807) is 17.0 Å². The molecule has 1 atom stereocenters. The van der Waals surface area contributed by atoms with Crippen LogP contribution in [0.2, 0.25) is 0 Å². The predicted octanol–water partition coefficient (Wildman–Crippen LogP) is 3.85. The number of benzene rings is 2. The number of anilines is 1. The van der Waals surface area contributed by atoms with Gasteiger partial charge in [-0.1, -0.05) is 37.3 Å². The fourth-order valence-electron chi connectivity index (χ4n) is 4.69. The predicted molar refractivity (Wildman–Crippen MR) is 126 cm³/mol. The lowest BCUT2D eigenvalue weighted by Gasteiger charge is -2.37. The van der Waals surface area contributed by atoms with Gasteiger partial charge in [-0.25, -0.2) is 0 Å². The highest BCUT2D eigenvalue weighted by atomic mass is 16.6. The quantitative estimate of drug-likeness (QED) is 0.510. The summed E-state index contributed by atoms with van der Waals surface area (Å²) in [6.07, 6.45) is 2.02. The summed E-state index contributed by atoms with van der Waals surface area (Å²) in [6, 6.07) is 16.5. The van der Waals surface area contributed by atoms with E-state index in [2.05, 4.69) is 22.8 Å². The van der Waals surface area contributed by atoms with Gasteiger partial charge < -0.3 is 9.80 Å². The van der Waals surface area contributed by atoms with Crippen molar-refractivity contribution in [2.75, 3.05) is 44.2 Å². The average Bonchev–Trinajstić information content (AvgIpc) is 2.85. The summed E-state index contributed by atoms with van der Waals surface area (Å²) in [5.41, 5.74) is 1.86. The van der Waals surface area contributed by atoms with E-state index in [0.717, 1.165) is 31.5 Å². The molecule has 172 valence electrons. The van der Waals surface area contributed by atoms with Gasteiger partial charge in [0.25, 0.3) is 11.6 Å². The van der Waals surface area contributed by atoms with Crippen molar-refractivity contribution in [2.24, 2.45) is 5.92 Å². The molecular formula is C25H29N5O3. The molecular weight excluding hydrogens is 418 g/mol. The molecule has 8 nitrogen and oxygen atoms in total. The van der Waals surface area contributed by atoms with E-state index >= 15 is 0 Å². The van der Waals surface area contributed by atoms with Gasteiger partial charge in [0.15, 0.2) is 0 Å². The molecule has 2 aromatic rings. The fraction of sp³-hybridized carbons (Fsp3) is 0.440. The van der Waals surface area contributed by atoms with Gasteiger partial charge in [0.2, 0.25) is 0 Å². The number of carbonyl (C=O) groups excluding carboxylic acids is 1. The number of nitrogens with zero attached hydrogens (tertiary/aromatic N) is 5. The summed E-state index contributed by atoms with van der Waals surface area (Å²) in [4.78, 5) is 30.4. The molecule has 2 aliphatic rings. The van der Waals surface area contributed by atoms with E-state index in [0.29, 0.717) is 43.3 Å². The molecule has 2 aliphatic heterocycles. The maximum Gasteiger partial charge on any atom is 0.293 e. The number of nitro groups is 1. The van der Waals surface area contributed by atoms with Crippen LogP contribution in [0.5, 0.6) is 0 Å². The van der Waals surface area contributed by atoms with Gasteiger partial charge in [-0.3, -0.25) is 19.8 Å². The lowest BCUT2D eigenvalue weighted by molar-refractivity contribution is -0.384. The molecule has 2 fully saturated rings. The van der Waals surface area contributed by atoms with E-state index in [1.807, 2.05) is 30.3 Å². The monoisotopic (exact) mass is 447 g/mol. The Balaban J connectivity index is 1.45. The Kier molecular flexibility index (Phi) is 6.90. The molecule has 0 saturated carbocycles. The summed E-state index contributed by atoms with van der Waals surface area (Å²) in [6.45, 7) is 5.88. The second-order valence-corrected chi connectivity index (χ2v) is 8.90. The SMILES string of the molecule is CC1CCN(c2ccc(C(=O)N3CCN([C@H](C#N)c4ccccc4)CC3)cc2[N+](=O)[O-])CC1. The van der Waals surface area contributed by atoms with E-state index in [1.165, 1.54) is 6.07 Å². The molecule has 0 bridgehead atoms. The van der Waals surface area contributed by atoms with Crippen molar-refractivity contribution in [3.05, 3.63) is 69.8 Å². The number of hydrogen-bond acceptors (Lipinski definition) is 6. The van der Waals surface area contributed by atoms with Crippen molar-refractivity contribution in [3.8, 4) is 6.07 Å². The Hall–Kier alpha value is -3.44. The zero-order valence-corrected chi connectivity index (χ0v) is 18.9. The van der Waals surface area contributed by atoms with Crippen LogP contribution in [0.15, 0.2) is 48.5 Å². The first kappa shape index (κ1) is 22.7. The van der Waals surface area contributed by atoms with E-state index < -0.39 is 0 Å². The van der Waals surface area contributed by atoms with Gasteiger partial charge in [0.05, 0.1) is 11.0 Å². The van der Waals surface area contributed by atoms with Gasteiger partial charge >= 0.3 is 0 Å². The molecule has 1 amide bonds. The Morgan fingerprint density at radius 3 is 2.33 bits per heavy atom. The van der Waals surface area contributed by atoms with Crippen molar-refractivity contribution in [3.63, 3.8) is 0 Å². The molecule has 33 heavy (non-hydrogen) atoms. The molecule has 0 N–H and O–H groups in total. The highest BCUT2D eigenvalue weighted by molar-refractivity contribution is 5.96. The van der Waals surface area contributed by atoms with Crippen molar-refractivity contribution in [1.82, 2.24) is 9.80 Å². The number of hydrogen-bond donors (Lipinski definition) is 0. The molecule has 0 radical (unpaired) electrons. The first-order chi connectivity index (χ1) is 16.0. The standard InChI is InChI=1S/C25H29N5O3/c1-19-9-11-27(12-10-19)22-8-7-21(17-23(22)30(32)33)25(31)29-15-13-28(14-16-29)24(18-26)20-5-3-2-4-6-20/h2-8,17,19,24H,9-16H2,1H3/t24-/m1/s1. The summed E-state index contributed by atoms with van der Waals surface area (Å²) in [7, 11) is 0. The van der Waals surface area contributed by atoms with Crippen LogP contribution < -0.4 is 4.90 Å². The van der Waals surface area contributed by atoms with Crippen LogP contribution >= 0.6 is 0 Å². The summed E-state index contributed by atoms with van der Waals surface area (Å²) in [5, 5.41) is 21.5. The summed E-state index contributed by atoms with van der Waals surface area (Å²) in [5.74, 6) is 0.423. The van der Waals surface area contributed by atoms with Crippen LogP contribution in [0.4, 0.5) is 11.4 Å². The van der Waals surface area contributed by atoms with Gasteiger partial charge in [0, 0.05) is 50.9 Å². The van der Waals surface area contributed by atoms with Crippen LogP contribution in [-0.4, -0.2) is 59.9 Å². The smallest absolute Gasteiger partial charge is 0.293 e. The lowest BCUT2D eigenvalue weighted by atomic mass is 9.98. The molecule has 2 saturated heterocycles. The number of carbonyl (C=O) groups is 1. The highest BCUT2D eigenvalue weighted by Gasteiger charge is 2.29. The first-order valence-electron chi connectivity index (χ1n) is 11.5. The molecule has 4 rings (SSSR count). The second kappa shape index (κ2) is 10.0. The minimum Gasteiger partial charge on any atom is -0.366 e. The van der Waals surface area contributed by atoms with Gasteiger partial charge in [-0.2, -0.15) is 5.26 Å². The highest BCUT2D eigenvalue weighted by Crippen LogP contribution is 2.33. The van der Waals surface area contributed by atoms with Gasteiger partial charge in [-0.15, -0.1) is 0 Å². The Bertz CT molecular complexity index is 1040. The maximum atomic E-state index is 13.1. The van der Waals surface area contributed by atoms with Crippen LogP contribution in [0, 0.1) is 27.4 Å². The maximum absolute atomic E-state index is 13.1. The van der Waals surface area contributed by atoms with Crippen molar-refractivity contribution in [1.29, 1.82) is 5.26 Å². The first-order valence-corrected chi connectivity index (χ1v) is 11.5. The number of nitro benzene ring substituents is 1. The minimum absolute atomic E-state index is 0.0114. The Labute approximate surface area is 194 Å². The van der Waals surface area contributed by atoms with Crippen molar-refractivity contribution >= 4 is 17.3 Å². The van der Waals surface area contributed by atoms with E-state index in [9.17, 15) is 20.2 Å². The number of amides is 1. The third-order valence-electron chi connectivity index (χ3n) is 6.75. The van der Waals surface area contributed by atoms with Crippen molar-refractivity contribution in [2.45, 2.75) is 25.8 Å². The number of piperidine rings is 1. The van der Waals surface area contributed by atoms with Crippen LogP contribution in [-0.2, 0) is 0 Å². The lowest BCUT2D eigenvalue weighted by Crippen LogP contribution is -2.49. The van der Waals surface area contributed by atoms with Gasteiger partial charge in [-0.05, 0) is 36.5 Å². The van der Waals surface area contributed by atoms with Crippen molar-refractivity contribution < 1.29 is 9.72 Å². The molecule has 8 heteroatoms.